The molecule has 3 saturated heterocycles. The van der Waals surface area contributed by atoms with Crippen LogP contribution < -0.4 is 9.80 Å². The van der Waals surface area contributed by atoms with E-state index in [1.165, 1.54) is 0 Å². The molecule has 2 unspecified atom stereocenters. The highest BCUT2D eigenvalue weighted by Gasteiger charge is 2.51. The normalized spacial score (nSPS) is 28.1. The van der Waals surface area contributed by atoms with Crippen molar-refractivity contribution in [1.82, 2.24) is 9.97 Å². The second-order valence-electron chi connectivity index (χ2n) is 8.28. The smallest absolute Gasteiger partial charge is 0.433 e. The van der Waals surface area contributed by atoms with E-state index in [2.05, 4.69) is 9.97 Å². The third-order valence-electron chi connectivity index (χ3n) is 6.40. The zero-order valence-corrected chi connectivity index (χ0v) is 16.7. The van der Waals surface area contributed by atoms with Gasteiger partial charge in [0.1, 0.15) is 11.9 Å². The Morgan fingerprint density at radius 2 is 1.84 bits per heavy atom. The van der Waals surface area contributed by atoms with Crippen molar-refractivity contribution in [3.63, 3.8) is 0 Å². The van der Waals surface area contributed by atoms with Gasteiger partial charge in [0, 0.05) is 32.1 Å². The van der Waals surface area contributed by atoms with Gasteiger partial charge in [-0.15, -0.1) is 0 Å². The largest absolute Gasteiger partial charge is 0.466 e. The molecule has 4 fully saturated rings. The Morgan fingerprint density at radius 3 is 2.35 bits per heavy atom. The van der Waals surface area contributed by atoms with Gasteiger partial charge in [-0.2, -0.15) is 31.3 Å². The number of hydrogen-bond acceptors (Lipinski definition) is 6. The Labute approximate surface area is 174 Å². The van der Waals surface area contributed by atoms with Crippen molar-refractivity contribution in [3.05, 3.63) is 11.8 Å². The number of esters is 1. The lowest BCUT2D eigenvalue weighted by Crippen LogP contribution is -2.57. The highest BCUT2D eigenvalue weighted by Crippen LogP contribution is 2.48. The van der Waals surface area contributed by atoms with E-state index in [0.29, 0.717) is 13.1 Å². The molecule has 0 N–H and O–H groups in total. The first kappa shape index (κ1) is 21.9. The number of fused-ring (bicyclic) bond motifs is 2. The minimum Gasteiger partial charge on any atom is -0.466 e. The summed E-state index contributed by atoms with van der Waals surface area (Å²) < 4.78 is 84.5. The van der Waals surface area contributed by atoms with Gasteiger partial charge in [0.25, 0.3) is 0 Å². The maximum absolute atomic E-state index is 13.4. The SMILES string of the molecule is CCOC(=O)CC1[C@@H]2C[C@H]1CN(c1cc(C(F)(F)F)nc(N3CCC3C(F)(F)F)n1)C2. The van der Waals surface area contributed by atoms with Gasteiger partial charge in [-0.25, -0.2) is 4.98 Å². The minimum atomic E-state index is -4.81. The van der Waals surface area contributed by atoms with Crippen molar-refractivity contribution in [3.8, 4) is 0 Å². The molecule has 4 atom stereocenters. The van der Waals surface area contributed by atoms with Gasteiger partial charge in [-0.05, 0) is 37.5 Å². The summed E-state index contributed by atoms with van der Waals surface area (Å²) in [5.74, 6) is -0.583. The zero-order chi connectivity index (χ0) is 22.6. The Morgan fingerprint density at radius 1 is 1.16 bits per heavy atom. The van der Waals surface area contributed by atoms with Crippen molar-refractivity contribution in [2.45, 2.75) is 44.6 Å². The standard InChI is InChI=1S/C19H22F6N4O2/c1-2-31-16(30)6-12-10-5-11(12)9-28(8-10)15-7-13(18(20,21)22)26-17(27-15)29-4-3-14(29)19(23,24)25/h7,10-12,14H,2-6,8-9H2,1H3/t10-,11+,12?,14?. The predicted molar refractivity (Wildman–Crippen MR) is 97.4 cm³/mol. The molecule has 31 heavy (non-hydrogen) atoms. The first-order valence-corrected chi connectivity index (χ1v) is 10.2. The fraction of sp³-hybridized carbons (Fsp3) is 0.737. The topological polar surface area (TPSA) is 58.6 Å². The summed E-state index contributed by atoms with van der Waals surface area (Å²) in [6, 6.07) is -1.09. The summed E-state index contributed by atoms with van der Waals surface area (Å²) in [7, 11) is 0. The van der Waals surface area contributed by atoms with E-state index >= 15 is 0 Å². The van der Waals surface area contributed by atoms with Crippen molar-refractivity contribution in [1.29, 1.82) is 0 Å². The first-order valence-electron chi connectivity index (χ1n) is 10.2. The van der Waals surface area contributed by atoms with Crippen LogP contribution in [0.25, 0.3) is 0 Å². The highest BCUT2D eigenvalue weighted by molar-refractivity contribution is 5.70. The molecule has 1 saturated carbocycles. The first-order chi connectivity index (χ1) is 14.5. The van der Waals surface area contributed by atoms with Crippen LogP contribution in [0, 0.1) is 17.8 Å². The minimum absolute atomic E-state index is 0.0329. The van der Waals surface area contributed by atoms with Gasteiger partial charge in [-0.1, -0.05) is 0 Å². The number of carbonyl (C=O) groups excluding carboxylic acids is 1. The molecule has 1 aromatic heterocycles. The second kappa shape index (κ2) is 7.70. The molecular formula is C19H22F6N4O2. The fourth-order valence-corrected chi connectivity index (χ4v) is 4.75. The maximum atomic E-state index is 13.4. The Bertz CT molecular complexity index is 834. The number of piperidine rings is 2. The predicted octanol–water partition coefficient (Wildman–Crippen LogP) is 3.66. The number of alkyl halides is 6. The van der Waals surface area contributed by atoms with E-state index in [4.69, 9.17) is 4.74 Å². The summed E-state index contributed by atoms with van der Waals surface area (Å²) in [6.07, 6.45) is -8.46. The average Bonchev–Trinajstić information content (AvgIpc) is 2.63. The lowest BCUT2D eigenvalue weighted by atomic mass is 9.60. The molecule has 2 bridgehead atoms. The molecule has 4 aliphatic rings. The number of carbonyl (C=O) groups is 1. The van der Waals surface area contributed by atoms with Crippen LogP contribution in [-0.4, -0.2) is 54.4 Å². The molecule has 6 nitrogen and oxygen atoms in total. The molecule has 0 amide bonds. The maximum Gasteiger partial charge on any atom is 0.433 e. The third kappa shape index (κ3) is 4.25. The van der Waals surface area contributed by atoms with E-state index in [1.807, 2.05) is 0 Å². The van der Waals surface area contributed by atoms with Crippen molar-refractivity contribution < 1.29 is 35.9 Å². The van der Waals surface area contributed by atoms with Crippen LogP contribution in [-0.2, 0) is 15.7 Å². The Hall–Kier alpha value is -2.27. The highest BCUT2D eigenvalue weighted by atomic mass is 19.4. The van der Waals surface area contributed by atoms with Gasteiger partial charge >= 0.3 is 18.3 Å². The molecule has 0 radical (unpaired) electrons. The number of ether oxygens (including phenoxy) is 1. The molecule has 0 spiro atoms. The molecule has 1 aliphatic carbocycles. The lowest BCUT2D eigenvalue weighted by molar-refractivity contribution is -0.160. The monoisotopic (exact) mass is 452 g/mol. The summed E-state index contributed by atoms with van der Waals surface area (Å²) in [6.45, 7) is 2.71. The van der Waals surface area contributed by atoms with Gasteiger partial charge in [0.15, 0.2) is 5.69 Å². The van der Waals surface area contributed by atoms with Crippen LogP contribution in [0.3, 0.4) is 0 Å². The molecule has 4 heterocycles. The van der Waals surface area contributed by atoms with E-state index in [0.717, 1.165) is 17.4 Å². The summed E-state index contributed by atoms with van der Waals surface area (Å²) >= 11 is 0. The van der Waals surface area contributed by atoms with Crippen LogP contribution in [0.2, 0.25) is 0 Å². The van der Waals surface area contributed by atoms with Crippen LogP contribution in [0.1, 0.15) is 31.9 Å². The van der Waals surface area contributed by atoms with Gasteiger partial charge in [-0.3, -0.25) is 4.79 Å². The van der Waals surface area contributed by atoms with Crippen LogP contribution in [0.4, 0.5) is 38.1 Å². The van der Waals surface area contributed by atoms with Gasteiger partial charge in [0.2, 0.25) is 5.95 Å². The molecule has 172 valence electrons. The van der Waals surface area contributed by atoms with E-state index in [-0.39, 0.29) is 55.5 Å². The van der Waals surface area contributed by atoms with Crippen LogP contribution in [0.5, 0.6) is 0 Å². The molecule has 1 aromatic rings. The van der Waals surface area contributed by atoms with Crippen LogP contribution in [0.15, 0.2) is 6.07 Å². The molecular weight excluding hydrogens is 430 g/mol. The average molecular weight is 452 g/mol. The van der Waals surface area contributed by atoms with E-state index in [1.54, 1.807) is 11.8 Å². The van der Waals surface area contributed by atoms with Gasteiger partial charge in [0.05, 0.1) is 6.61 Å². The number of nitrogens with zero attached hydrogens (tertiary/aromatic N) is 4. The third-order valence-corrected chi connectivity index (χ3v) is 6.40. The van der Waals surface area contributed by atoms with E-state index in [9.17, 15) is 31.1 Å². The lowest BCUT2D eigenvalue weighted by Gasteiger charge is -2.54. The van der Waals surface area contributed by atoms with Crippen LogP contribution >= 0.6 is 0 Å². The van der Waals surface area contributed by atoms with Crippen molar-refractivity contribution in [2.75, 3.05) is 36.0 Å². The number of hydrogen-bond donors (Lipinski definition) is 0. The molecule has 5 rings (SSSR count). The molecule has 3 aliphatic heterocycles. The van der Waals surface area contributed by atoms with E-state index < -0.39 is 30.0 Å². The summed E-state index contributed by atoms with van der Waals surface area (Å²) in [5, 5.41) is 0. The van der Waals surface area contributed by atoms with Gasteiger partial charge < -0.3 is 14.5 Å². The second-order valence-corrected chi connectivity index (χ2v) is 8.28. The zero-order valence-electron chi connectivity index (χ0n) is 16.7. The quantitative estimate of drug-likeness (QED) is 0.502. The summed E-state index contributed by atoms with van der Waals surface area (Å²) in [5.41, 5.74) is -1.26. The number of rotatable bonds is 5. The Balaban J connectivity index is 1.55. The number of halogens is 6. The van der Waals surface area contributed by atoms with Crippen molar-refractivity contribution >= 4 is 17.7 Å². The number of anilines is 2. The van der Waals surface area contributed by atoms with Crippen molar-refractivity contribution in [2.24, 2.45) is 17.8 Å². The number of aromatic nitrogens is 2. The fourth-order valence-electron chi connectivity index (χ4n) is 4.75. The Kier molecular flexibility index (Phi) is 5.45. The molecule has 0 aromatic carbocycles. The summed E-state index contributed by atoms with van der Waals surface area (Å²) in [4.78, 5) is 21.7. The molecule has 12 heteroatoms.